The highest BCUT2D eigenvalue weighted by Gasteiger charge is 2.18. The Balaban J connectivity index is 2.13. The Morgan fingerprint density at radius 1 is 0.900 bits per heavy atom. The zero-order chi connectivity index (χ0) is 14.7. The van der Waals surface area contributed by atoms with Crippen LogP contribution < -0.4 is 0 Å². The molecule has 0 saturated heterocycles. The van der Waals surface area contributed by atoms with Crippen molar-refractivity contribution in [2.24, 2.45) is 0 Å². The van der Waals surface area contributed by atoms with Gasteiger partial charge in [0.2, 0.25) is 0 Å². The van der Waals surface area contributed by atoms with E-state index in [0.29, 0.717) is 5.02 Å². The summed E-state index contributed by atoms with van der Waals surface area (Å²) in [7, 11) is 0. The molecule has 0 atom stereocenters. The molecule has 0 N–H and O–H groups in total. The first-order chi connectivity index (χ1) is 9.49. The lowest BCUT2D eigenvalue weighted by molar-refractivity contribution is 0.0473. The Kier molecular flexibility index (Phi) is 5.17. The van der Waals surface area contributed by atoms with Crippen LogP contribution in [0.15, 0.2) is 36.4 Å². The lowest BCUT2D eigenvalue weighted by Crippen LogP contribution is -2.07. The third-order valence-electron chi connectivity index (χ3n) is 2.53. The van der Waals surface area contributed by atoms with Gasteiger partial charge in [0.05, 0.1) is 20.6 Å². The van der Waals surface area contributed by atoms with Crippen LogP contribution in [0.5, 0.6) is 0 Å². The first kappa shape index (κ1) is 15.5. The van der Waals surface area contributed by atoms with Crippen LogP contribution in [0.25, 0.3) is 0 Å². The number of hydrogen-bond acceptors (Lipinski definition) is 2. The summed E-state index contributed by atoms with van der Waals surface area (Å²) in [6, 6.07) is 9.96. The second kappa shape index (κ2) is 6.68. The normalized spacial score (nSPS) is 10.4. The Morgan fingerprint density at radius 2 is 1.50 bits per heavy atom. The molecule has 104 valence electrons. The Morgan fingerprint density at radius 3 is 2.15 bits per heavy atom. The summed E-state index contributed by atoms with van der Waals surface area (Å²) >= 11 is 23.5. The molecule has 2 aromatic rings. The number of carbonyl (C=O) groups excluding carboxylic acids is 1. The molecule has 0 aliphatic rings. The van der Waals surface area contributed by atoms with Gasteiger partial charge in [-0.3, -0.25) is 0 Å². The van der Waals surface area contributed by atoms with Crippen LogP contribution in [0.2, 0.25) is 20.1 Å². The molecule has 0 aliphatic heterocycles. The molecule has 2 aromatic carbocycles. The van der Waals surface area contributed by atoms with Crippen molar-refractivity contribution in [1.82, 2.24) is 0 Å². The monoisotopic (exact) mass is 348 g/mol. The lowest BCUT2D eigenvalue weighted by Gasteiger charge is -2.09. The van der Waals surface area contributed by atoms with Gasteiger partial charge in [-0.2, -0.15) is 0 Å². The van der Waals surface area contributed by atoms with Crippen molar-refractivity contribution in [2.75, 3.05) is 0 Å². The van der Waals surface area contributed by atoms with Gasteiger partial charge in [0.15, 0.2) is 0 Å². The molecule has 0 heterocycles. The highest BCUT2D eigenvalue weighted by molar-refractivity contribution is 6.46. The summed E-state index contributed by atoms with van der Waals surface area (Å²) in [4.78, 5) is 12.0. The van der Waals surface area contributed by atoms with Gasteiger partial charge in [0.1, 0.15) is 6.61 Å². The van der Waals surface area contributed by atoms with Crippen molar-refractivity contribution in [3.63, 3.8) is 0 Å². The lowest BCUT2D eigenvalue weighted by atomic mass is 10.2. The van der Waals surface area contributed by atoms with E-state index in [9.17, 15) is 4.79 Å². The zero-order valence-corrected chi connectivity index (χ0v) is 13.0. The molecule has 0 spiro atoms. The molecule has 20 heavy (non-hydrogen) atoms. The first-order valence-corrected chi connectivity index (χ1v) is 7.05. The molecule has 2 nitrogen and oxygen atoms in total. The summed E-state index contributed by atoms with van der Waals surface area (Å²) in [6.07, 6.45) is 0. The standard InChI is InChI=1S/C14H8Cl4O2/c15-9-3-1-8(2-4-9)7-20-14(19)12-10(16)5-6-11(17)13(12)18/h1-6H,7H2. The Hall–Kier alpha value is -0.930. The smallest absolute Gasteiger partial charge is 0.341 e. The number of carbonyl (C=O) groups is 1. The second-order valence-electron chi connectivity index (χ2n) is 3.92. The topological polar surface area (TPSA) is 26.3 Å². The van der Waals surface area contributed by atoms with Crippen LogP contribution in [-0.4, -0.2) is 5.97 Å². The van der Waals surface area contributed by atoms with Crippen LogP contribution in [0.1, 0.15) is 15.9 Å². The summed E-state index contributed by atoms with van der Waals surface area (Å²) in [5, 5.41) is 1.14. The Bertz CT molecular complexity index is 638. The van der Waals surface area contributed by atoms with Crippen LogP contribution in [-0.2, 0) is 11.3 Å². The third kappa shape index (κ3) is 3.58. The van der Waals surface area contributed by atoms with Gasteiger partial charge >= 0.3 is 5.97 Å². The van der Waals surface area contributed by atoms with Crippen molar-refractivity contribution < 1.29 is 9.53 Å². The zero-order valence-electron chi connectivity index (χ0n) is 10.00. The van der Waals surface area contributed by atoms with E-state index in [4.69, 9.17) is 51.1 Å². The van der Waals surface area contributed by atoms with Gasteiger partial charge in [-0.05, 0) is 29.8 Å². The number of halogens is 4. The fraction of sp³-hybridized carbons (Fsp3) is 0.0714. The molecular formula is C14H8Cl4O2. The number of ether oxygens (including phenoxy) is 1. The maximum Gasteiger partial charge on any atom is 0.341 e. The highest BCUT2D eigenvalue weighted by Crippen LogP contribution is 2.32. The molecule has 0 amide bonds. The van der Waals surface area contributed by atoms with Gasteiger partial charge < -0.3 is 4.74 Å². The summed E-state index contributed by atoms with van der Waals surface area (Å²) in [6.45, 7) is 0.0924. The molecule has 6 heteroatoms. The van der Waals surface area contributed by atoms with E-state index in [-0.39, 0.29) is 27.2 Å². The molecule has 2 rings (SSSR count). The SMILES string of the molecule is O=C(OCc1ccc(Cl)cc1)c1c(Cl)ccc(Cl)c1Cl. The quantitative estimate of drug-likeness (QED) is 0.528. The van der Waals surface area contributed by atoms with Crippen molar-refractivity contribution in [3.05, 3.63) is 67.6 Å². The molecule has 0 radical (unpaired) electrons. The van der Waals surface area contributed by atoms with Crippen molar-refractivity contribution in [1.29, 1.82) is 0 Å². The predicted octanol–water partition coefficient (Wildman–Crippen LogP) is 5.66. The average molecular weight is 350 g/mol. The fourth-order valence-corrected chi connectivity index (χ4v) is 2.32. The van der Waals surface area contributed by atoms with Gasteiger partial charge in [-0.25, -0.2) is 4.79 Å². The molecular weight excluding hydrogens is 342 g/mol. The van der Waals surface area contributed by atoms with Crippen molar-refractivity contribution >= 4 is 52.4 Å². The maximum absolute atomic E-state index is 12.0. The van der Waals surface area contributed by atoms with Gasteiger partial charge in [-0.15, -0.1) is 0 Å². The van der Waals surface area contributed by atoms with E-state index in [2.05, 4.69) is 0 Å². The number of rotatable bonds is 3. The Labute approximate surface area is 136 Å². The summed E-state index contributed by atoms with van der Waals surface area (Å²) in [5.41, 5.74) is 0.867. The second-order valence-corrected chi connectivity index (χ2v) is 5.55. The summed E-state index contributed by atoms with van der Waals surface area (Å²) in [5.74, 6) is -0.627. The molecule has 0 unspecified atom stereocenters. The van der Waals surface area contributed by atoms with Crippen LogP contribution >= 0.6 is 46.4 Å². The number of esters is 1. The van der Waals surface area contributed by atoms with E-state index in [1.165, 1.54) is 12.1 Å². The van der Waals surface area contributed by atoms with Crippen molar-refractivity contribution in [3.8, 4) is 0 Å². The fourth-order valence-electron chi connectivity index (χ4n) is 1.52. The van der Waals surface area contributed by atoms with Crippen LogP contribution in [0.4, 0.5) is 0 Å². The molecule has 0 aliphatic carbocycles. The molecule has 0 bridgehead atoms. The van der Waals surface area contributed by atoms with Gasteiger partial charge in [0, 0.05) is 5.02 Å². The minimum absolute atomic E-state index is 0.0646. The molecule has 0 fully saturated rings. The largest absolute Gasteiger partial charge is 0.457 e. The minimum Gasteiger partial charge on any atom is -0.457 e. The summed E-state index contributed by atoms with van der Waals surface area (Å²) < 4.78 is 5.16. The van der Waals surface area contributed by atoms with E-state index < -0.39 is 5.97 Å². The third-order valence-corrected chi connectivity index (χ3v) is 3.90. The average Bonchev–Trinajstić information content (AvgIpc) is 2.43. The first-order valence-electron chi connectivity index (χ1n) is 5.54. The maximum atomic E-state index is 12.0. The van der Waals surface area contributed by atoms with E-state index in [0.717, 1.165) is 5.56 Å². The van der Waals surface area contributed by atoms with Crippen LogP contribution in [0.3, 0.4) is 0 Å². The van der Waals surface area contributed by atoms with E-state index in [1.54, 1.807) is 24.3 Å². The van der Waals surface area contributed by atoms with E-state index in [1.807, 2.05) is 0 Å². The van der Waals surface area contributed by atoms with Crippen molar-refractivity contribution in [2.45, 2.75) is 6.61 Å². The minimum atomic E-state index is -0.627. The highest BCUT2D eigenvalue weighted by atomic mass is 35.5. The molecule has 0 saturated carbocycles. The molecule has 0 aromatic heterocycles. The number of hydrogen-bond donors (Lipinski definition) is 0. The van der Waals surface area contributed by atoms with Gasteiger partial charge in [-0.1, -0.05) is 58.5 Å². The van der Waals surface area contributed by atoms with E-state index >= 15 is 0 Å². The number of benzene rings is 2. The van der Waals surface area contributed by atoms with Gasteiger partial charge in [0.25, 0.3) is 0 Å². The predicted molar refractivity (Wildman–Crippen MR) is 82.0 cm³/mol. The van der Waals surface area contributed by atoms with Crippen LogP contribution in [0, 0.1) is 0 Å².